The molecule has 0 saturated carbocycles. The summed E-state index contributed by atoms with van der Waals surface area (Å²) in [4.78, 5) is 41.8. The molecular formula is C12H18N2O5. The summed E-state index contributed by atoms with van der Waals surface area (Å²) in [6.45, 7) is 2.93. The van der Waals surface area contributed by atoms with Crippen LogP contribution in [-0.4, -0.2) is 54.7 Å². The highest BCUT2D eigenvalue weighted by molar-refractivity contribution is 6.04. The number of amides is 3. The Balaban J connectivity index is 2.01. The second-order valence-electron chi connectivity index (χ2n) is 4.82. The van der Waals surface area contributed by atoms with Crippen molar-refractivity contribution in [1.29, 1.82) is 0 Å². The molecule has 0 aromatic carbocycles. The van der Waals surface area contributed by atoms with Crippen LogP contribution in [0, 0.1) is 5.41 Å². The first-order valence-corrected chi connectivity index (χ1v) is 6.37. The minimum Gasteiger partial charge on any atom is -0.450 e. The van der Waals surface area contributed by atoms with Crippen LogP contribution < -0.4 is 0 Å². The SMILES string of the molecule is CCOC(=O)N1CCC2(CC1)CC(=O)N(OC)C2=O. The third-order valence-corrected chi connectivity index (χ3v) is 3.78. The summed E-state index contributed by atoms with van der Waals surface area (Å²) in [6, 6.07) is 0. The Morgan fingerprint density at radius 1 is 1.32 bits per heavy atom. The predicted octanol–water partition coefficient (Wildman–Crippen LogP) is 0.545. The molecule has 7 nitrogen and oxygen atoms in total. The highest BCUT2D eigenvalue weighted by atomic mass is 16.7. The zero-order valence-corrected chi connectivity index (χ0v) is 11.2. The van der Waals surface area contributed by atoms with Gasteiger partial charge >= 0.3 is 6.09 Å². The van der Waals surface area contributed by atoms with Crippen LogP contribution in [0.3, 0.4) is 0 Å². The van der Waals surface area contributed by atoms with E-state index in [1.807, 2.05) is 0 Å². The second kappa shape index (κ2) is 5.16. The zero-order valence-electron chi connectivity index (χ0n) is 11.2. The second-order valence-corrected chi connectivity index (χ2v) is 4.82. The van der Waals surface area contributed by atoms with Gasteiger partial charge in [-0.05, 0) is 19.8 Å². The average Bonchev–Trinajstić information content (AvgIpc) is 2.62. The fourth-order valence-corrected chi connectivity index (χ4v) is 2.67. The normalized spacial score (nSPS) is 22.2. The van der Waals surface area contributed by atoms with E-state index in [2.05, 4.69) is 0 Å². The predicted molar refractivity (Wildman–Crippen MR) is 63.7 cm³/mol. The van der Waals surface area contributed by atoms with Gasteiger partial charge in [-0.2, -0.15) is 5.06 Å². The maximum Gasteiger partial charge on any atom is 0.409 e. The standard InChI is InChI=1S/C12H18N2O5/c1-3-19-11(17)13-6-4-12(5-7-13)8-9(15)14(18-2)10(12)16/h3-8H2,1-2H3. The van der Waals surface area contributed by atoms with Crippen LogP contribution in [0.15, 0.2) is 0 Å². The van der Waals surface area contributed by atoms with Gasteiger partial charge in [-0.1, -0.05) is 0 Å². The summed E-state index contributed by atoms with van der Waals surface area (Å²) in [5.74, 6) is -0.597. The molecule has 2 saturated heterocycles. The summed E-state index contributed by atoms with van der Waals surface area (Å²) in [6.07, 6.45) is 0.737. The van der Waals surface area contributed by atoms with Crippen molar-refractivity contribution in [3.63, 3.8) is 0 Å². The van der Waals surface area contributed by atoms with Gasteiger partial charge in [0.05, 0.1) is 19.1 Å². The Labute approximate surface area is 111 Å². The van der Waals surface area contributed by atoms with Crippen molar-refractivity contribution < 1.29 is 24.0 Å². The largest absolute Gasteiger partial charge is 0.450 e. The molecule has 19 heavy (non-hydrogen) atoms. The van der Waals surface area contributed by atoms with Crippen molar-refractivity contribution in [2.45, 2.75) is 26.2 Å². The first kappa shape index (κ1) is 13.8. The molecule has 0 radical (unpaired) electrons. The summed E-state index contributed by atoms with van der Waals surface area (Å²) in [7, 11) is 1.31. The minimum absolute atomic E-state index is 0.163. The molecule has 0 bridgehead atoms. The van der Waals surface area contributed by atoms with Crippen LogP contribution in [0.25, 0.3) is 0 Å². The van der Waals surface area contributed by atoms with Gasteiger partial charge in [-0.25, -0.2) is 4.79 Å². The maximum atomic E-state index is 12.2. The Bertz CT molecular complexity index is 401. The lowest BCUT2D eigenvalue weighted by molar-refractivity contribution is -0.183. The van der Waals surface area contributed by atoms with Gasteiger partial charge in [0.2, 0.25) is 0 Å². The summed E-state index contributed by atoms with van der Waals surface area (Å²) in [5.41, 5.74) is -0.698. The Hall–Kier alpha value is -1.63. The van der Waals surface area contributed by atoms with Crippen LogP contribution in [0.1, 0.15) is 26.2 Å². The number of hydrogen-bond donors (Lipinski definition) is 0. The number of hydroxylamine groups is 2. The van der Waals surface area contributed by atoms with E-state index in [0.717, 1.165) is 5.06 Å². The molecule has 0 N–H and O–H groups in total. The summed E-state index contributed by atoms with van der Waals surface area (Å²) >= 11 is 0. The van der Waals surface area contributed by atoms with Gasteiger partial charge < -0.3 is 9.64 Å². The lowest BCUT2D eigenvalue weighted by Gasteiger charge is -2.36. The number of carbonyl (C=O) groups is 3. The smallest absolute Gasteiger partial charge is 0.409 e. The number of carbonyl (C=O) groups excluding carboxylic acids is 3. The molecule has 2 rings (SSSR count). The van der Waals surface area contributed by atoms with Crippen LogP contribution in [0.2, 0.25) is 0 Å². The molecule has 0 atom stereocenters. The molecule has 0 aliphatic carbocycles. The molecule has 0 unspecified atom stereocenters. The van der Waals surface area contributed by atoms with Gasteiger partial charge in [0.25, 0.3) is 11.8 Å². The lowest BCUT2D eigenvalue weighted by atomic mass is 9.77. The van der Waals surface area contributed by atoms with E-state index in [9.17, 15) is 14.4 Å². The lowest BCUT2D eigenvalue weighted by Crippen LogP contribution is -2.46. The van der Waals surface area contributed by atoms with Crippen molar-refractivity contribution in [1.82, 2.24) is 9.96 Å². The van der Waals surface area contributed by atoms with Gasteiger partial charge in [-0.15, -0.1) is 0 Å². The first-order valence-electron chi connectivity index (χ1n) is 6.37. The Morgan fingerprint density at radius 2 is 1.95 bits per heavy atom. The molecule has 0 aromatic rings. The fraction of sp³-hybridized carbons (Fsp3) is 0.750. The first-order chi connectivity index (χ1) is 9.04. The number of ether oxygens (including phenoxy) is 1. The molecule has 2 aliphatic rings. The van der Waals surface area contributed by atoms with Crippen molar-refractivity contribution in [2.24, 2.45) is 5.41 Å². The van der Waals surface area contributed by atoms with Crippen molar-refractivity contribution >= 4 is 17.9 Å². The molecule has 7 heteroatoms. The van der Waals surface area contributed by atoms with Crippen LogP contribution in [-0.2, 0) is 19.2 Å². The minimum atomic E-state index is -0.698. The Morgan fingerprint density at radius 3 is 2.42 bits per heavy atom. The van der Waals surface area contributed by atoms with E-state index in [0.29, 0.717) is 32.5 Å². The number of hydrogen-bond acceptors (Lipinski definition) is 5. The zero-order chi connectivity index (χ0) is 14.0. The summed E-state index contributed by atoms with van der Waals surface area (Å²) in [5, 5.41) is 0.833. The van der Waals surface area contributed by atoms with Gasteiger partial charge in [0.1, 0.15) is 0 Å². The topological polar surface area (TPSA) is 76.2 Å². The van der Waals surface area contributed by atoms with Gasteiger partial charge in [-0.3, -0.25) is 14.4 Å². The number of piperidine rings is 1. The number of likely N-dealkylation sites (tertiary alicyclic amines) is 1. The average molecular weight is 270 g/mol. The molecule has 3 amide bonds. The Kier molecular flexibility index (Phi) is 3.75. The number of rotatable bonds is 2. The van der Waals surface area contributed by atoms with E-state index in [1.54, 1.807) is 11.8 Å². The number of imide groups is 1. The molecule has 1 spiro atoms. The van der Waals surface area contributed by atoms with Gasteiger partial charge in [0, 0.05) is 19.5 Å². The molecule has 2 heterocycles. The van der Waals surface area contributed by atoms with E-state index in [1.165, 1.54) is 7.11 Å². The molecule has 2 fully saturated rings. The summed E-state index contributed by atoms with van der Waals surface area (Å²) < 4.78 is 4.92. The van der Waals surface area contributed by atoms with Crippen molar-refractivity contribution in [3.8, 4) is 0 Å². The molecule has 2 aliphatic heterocycles. The maximum absolute atomic E-state index is 12.2. The van der Waals surface area contributed by atoms with Crippen LogP contribution in [0.5, 0.6) is 0 Å². The van der Waals surface area contributed by atoms with E-state index < -0.39 is 5.41 Å². The van der Waals surface area contributed by atoms with Crippen LogP contribution in [0.4, 0.5) is 4.79 Å². The van der Waals surface area contributed by atoms with E-state index in [4.69, 9.17) is 9.57 Å². The molecule has 106 valence electrons. The fourth-order valence-electron chi connectivity index (χ4n) is 2.67. The third-order valence-electron chi connectivity index (χ3n) is 3.78. The highest BCUT2D eigenvalue weighted by Crippen LogP contribution is 2.42. The molecule has 0 aromatic heterocycles. The highest BCUT2D eigenvalue weighted by Gasteiger charge is 2.53. The quantitative estimate of drug-likeness (QED) is 0.685. The number of nitrogens with zero attached hydrogens (tertiary/aromatic N) is 2. The van der Waals surface area contributed by atoms with Gasteiger partial charge in [0.15, 0.2) is 0 Å². The monoisotopic (exact) mass is 270 g/mol. The molecular weight excluding hydrogens is 252 g/mol. The third kappa shape index (κ3) is 2.30. The van der Waals surface area contributed by atoms with Crippen LogP contribution >= 0.6 is 0 Å². The van der Waals surface area contributed by atoms with Crippen molar-refractivity contribution in [2.75, 3.05) is 26.8 Å². The van der Waals surface area contributed by atoms with Crippen molar-refractivity contribution in [3.05, 3.63) is 0 Å². The van der Waals surface area contributed by atoms with E-state index >= 15 is 0 Å². The van der Waals surface area contributed by atoms with E-state index in [-0.39, 0.29) is 24.3 Å².